The first kappa shape index (κ1) is 23.3. The number of carbonyl (C=O) groups excluding carboxylic acids is 1. The Bertz CT molecular complexity index is 1650. The fourth-order valence-electron chi connectivity index (χ4n) is 3.75. The normalized spacial score (nSPS) is 11.4. The van der Waals surface area contributed by atoms with Gasteiger partial charge in [0.15, 0.2) is 0 Å². The summed E-state index contributed by atoms with van der Waals surface area (Å²) in [6.07, 6.45) is 0. The first-order valence-electron chi connectivity index (χ1n) is 11.2. The van der Waals surface area contributed by atoms with Gasteiger partial charge in [-0.05, 0) is 37.3 Å². The zero-order valence-corrected chi connectivity index (χ0v) is 20.2. The molecule has 1 amide bonds. The number of hydrogen-bond donors (Lipinski definition) is 2. The number of hydrogen-bond acceptors (Lipinski definition) is 5. The van der Waals surface area contributed by atoms with E-state index in [0.717, 1.165) is 22.4 Å². The van der Waals surface area contributed by atoms with Crippen LogP contribution in [0.2, 0.25) is 0 Å². The molecule has 0 saturated carbocycles. The molecule has 0 saturated heterocycles. The lowest BCUT2D eigenvalue weighted by Gasteiger charge is -2.12. The van der Waals surface area contributed by atoms with Crippen LogP contribution in [0, 0.1) is 6.92 Å². The first-order chi connectivity index (χ1) is 17.4. The van der Waals surface area contributed by atoms with Gasteiger partial charge < -0.3 is 0 Å². The fraction of sp³-hybridized carbons (Fsp3) is 0.0357. The third kappa shape index (κ3) is 4.86. The Hall–Kier alpha value is -4.40. The van der Waals surface area contributed by atoms with Crippen LogP contribution >= 0.6 is 0 Å². The number of amides is 1. The molecule has 0 atom stereocenters. The molecule has 0 bridgehead atoms. The smallest absolute Gasteiger partial charge is 0.266 e. The number of fused-ring (bicyclic) bond motifs is 1. The molecular weight excluding hydrogens is 472 g/mol. The fourth-order valence-corrected chi connectivity index (χ4v) is 4.59. The van der Waals surface area contributed by atoms with Crippen LogP contribution in [-0.4, -0.2) is 24.3 Å². The number of hydrazine groups is 1. The molecule has 4 aromatic carbocycles. The zero-order chi connectivity index (χ0) is 25.1. The lowest BCUT2D eigenvalue weighted by Crippen LogP contribution is -2.41. The molecule has 178 valence electrons. The zero-order valence-electron chi connectivity index (χ0n) is 19.3. The molecule has 0 fully saturated rings. The van der Waals surface area contributed by atoms with E-state index in [0.29, 0.717) is 16.7 Å². The number of aryl methyl sites for hydroxylation is 1. The van der Waals surface area contributed by atoms with Crippen molar-refractivity contribution in [3.05, 3.63) is 114 Å². The summed E-state index contributed by atoms with van der Waals surface area (Å²) in [5.41, 5.74) is 7.83. The topological polar surface area (TPSA) is 101 Å². The molecule has 0 radical (unpaired) electrons. The third-order valence-electron chi connectivity index (χ3n) is 5.65. The summed E-state index contributed by atoms with van der Waals surface area (Å²) in [6, 6.07) is 30.7. The second-order valence-electron chi connectivity index (χ2n) is 8.23. The van der Waals surface area contributed by atoms with Crippen LogP contribution in [0.1, 0.15) is 15.9 Å². The summed E-state index contributed by atoms with van der Waals surface area (Å²) >= 11 is 0. The van der Waals surface area contributed by atoms with Gasteiger partial charge in [0.2, 0.25) is 0 Å². The van der Waals surface area contributed by atoms with Crippen molar-refractivity contribution >= 4 is 27.0 Å². The van der Waals surface area contributed by atoms with Crippen LogP contribution in [0.5, 0.6) is 0 Å². The minimum absolute atomic E-state index is 0.0544. The van der Waals surface area contributed by atoms with Gasteiger partial charge in [0, 0.05) is 16.7 Å². The van der Waals surface area contributed by atoms with Gasteiger partial charge in [-0.1, -0.05) is 78.4 Å². The van der Waals surface area contributed by atoms with E-state index in [-0.39, 0.29) is 10.5 Å². The molecule has 1 aromatic heterocycles. The van der Waals surface area contributed by atoms with Gasteiger partial charge in [0.05, 0.1) is 27.3 Å². The second kappa shape index (κ2) is 9.69. The van der Waals surface area contributed by atoms with Crippen molar-refractivity contribution in [2.75, 3.05) is 0 Å². The predicted molar refractivity (Wildman–Crippen MR) is 139 cm³/mol. The molecule has 0 aliphatic heterocycles. The average Bonchev–Trinajstić information content (AvgIpc) is 2.92. The van der Waals surface area contributed by atoms with E-state index in [9.17, 15) is 13.2 Å². The van der Waals surface area contributed by atoms with Gasteiger partial charge in [-0.2, -0.15) is 0 Å². The van der Waals surface area contributed by atoms with E-state index < -0.39 is 15.9 Å². The monoisotopic (exact) mass is 494 g/mol. The van der Waals surface area contributed by atoms with Crippen molar-refractivity contribution in [3.8, 4) is 22.5 Å². The maximum absolute atomic E-state index is 12.8. The first-order valence-corrected chi connectivity index (χ1v) is 12.7. The number of carbonyl (C=O) groups is 1. The molecule has 36 heavy (non-hydrogen) atoms. The Morgan fingerprint density at radius 1 is 0.694 bits per heavy atom. The lowest BCUT2D eigenvalue weighted by atomic mass is 10.0. The quantitative estimate of drug-likeness (QED) is 0.327. The summed E-state index contributed by atoms with van der Waals surface area (Å²) in [5.74, 6) is -0.609. The van der Waals surface area contributed by atoms with Crippen molar-refractivity contribution < 1.29 is 13.2 Å². The second-order valence-corrected chi connectivity index (χ2v) is 9.91. The van der Waals surface area contributed by atoms with Gasteiger partial charge in [-0.3, -0.25) is 10.2 Å². The molecule has 0 aliphatic rings. The molecule has 5 aromatic rings. The van der Waals surface area contributed by atoms with E-state index in [1.807, 2.05) is 67.6 Å². The van der Waals surface area contributed by atoms with Crippen LogP contribution < -0.4 is 10.3 Å². The molecule has 1 heterocycles. The number of nitrogens with zero attached hydrogens (tertiary/aromatic N) is 2. The molecule has 8 heteroatoms. The Kier molecular flexibility index (Phi) is 6.28. The summed E-state index contributed by atoms with van der Waals surface area (Å²) in [4.78, 5) is 24.7. The van der Waals surface area contributed by atoms with Crippen LogP contribution in [0.15, 0.2) is 108 Å². The van der Waals surface area contributed by atoms with Crippen LogP contribution in [0.3, 0.4) is 0 Å². The summed E-state index contributed by atoms with van der Waals surface area (Å²) < 4.78 is 25.0. The van der Waals surface area contributed by atoms with E-state index in [1.54, 1.807) is 30.3 Å². The average molecular weight is 495 g/mol. The largest absolute Gasteiger partial charge is 0.273 e. The van der Waals surface area contributed by atoms with Gasteiger partial charge in [0.25, 0.3) is 15.9 Å². The van der Waals surface area contributed by atoms with Crippen molar-refractivity contribution in [2.24, 2.45) is 0 Å². The van der Waals surface area contributed by atoms with Crippen molar-refractivity contribution in [2.45, 2.75) is 11.8 Å². The summed E-state index contributed by atoms with van der Waals surface area (Å²) in [5, 5.41) is 0. The SMILES string of the molecule is Cc1ccc(S(=O)(=O)NNC(=O)c2ccc3nc(-c4ccccc4)c(-c4ccccc4)nc3c2)cc1. The van der Waals surface area contributed by atoms with Gasteiger partial charge >= 0.3 is 0 Å². The number of rotatable bonds is 6. The van der Waals surface area contributed by atoms with Gasteiger partial charge in [-0.15, -0.1) is 4.83 Å². The number of nitrogens with one attached hydrogen (secondary N) is 2. The molecule has 2 N–H and O–H groups in total. The van der Waals surface area contributed by atoms with Crippen LogP contribution in [0.25, 0.3) is 33.5 Å². The molecule has 0 unspecified atom stereocenters. The van der Waals surface area contributed by atoms with Crippen molar-refractivity contribution in [1.82, 2.24) is 20.2 Å². The Morgan fingerprint density at radius 2 is 1.25 bits per heavy atom. The predicted octanol–water partition coefficient (Wildman–Crippen LogP) is 4.90. The number of sulfonamides is 1. The molecule has 0 aliphatic carbocycles. The van der Waals surface area contributed by atoms with Gasteiger partial charge in [-0.25, -0.2) is 18.4 Å². The van der Waals surface area contributed by atoms with E-state index >= 15 is 0 Å². The van der Waals surface area contributed by atoms with E-state index in [1.165, 1.54) is 12.1 Å². The van der Waals surface area contributed by atoms with Gasteiger partial charge in [0.1, 0.15) is 0 Å². The van der Waals surface area contributed by atoms with Crippen LogP contribution in [-0.2, 0) is 10.0 Å². The number of benzene rings is 4. The van der Waals surface area contributed by atoms with E-state index in [2.05, 4.69) is 10.3 Å². The molecular formula is C28H22N4O3S. The Labute approximate surface area is 208 Å². The highest BCUT2D eigenvalue weighted by molar-refractivity contribution is 7.89. The highest BCUT2D eigenvalue weighted by Crippen LogP contribution is 2.31. The lowest BCUT2D eigenvalue weighted by molar-refractivity contribution is 0.0945. The minimum Gasteiger partial charge on any atom is -0.273 e. The highest BCUT2D eigenvalue weighted by Gasteiger charge is 2.17. The Morgan fingerprint density at radius 3 is 1.83 bits per heavy atom. The van der Waals surface area contributed by atoms with Crippen molar-refractivity contribution in [1.29, 1.82) is 0 Å². The highest BCUT2D eigenvalue weighted by atomic mass is 32.2. The standard InChI is InChI=1S/C28H22N4O3S/c1-19-12-15-23(16-13-19)36(34,35)32-31-28(33)22-14-17-24-25(18-22)30-27(21-10-6-3-7-11-21)26(29-24)20-8-4-2-5-9-20/h2-18,32H,1H3,(H,31,33). The third-order valence-corrected chi connectivity index (χ3v) is 6.91. The maximum Gasteiger partial charge on any atom is 0.266 e. The van der Waals surface area contributed by atoms with E-state index in [4.69, 9.17) is 9.97 Å². The minimum atomic E-state index is -3.91. The summed E-state index contributed by atoms with van der Waals surface area (Å²) in [7, 11) is -3.91. The molecule has 0 spiro atoms. The maximum atomic E-state index is 12.8. The van der Waals surface area contributed by atoms with Crippen molar-refractivity contribution in [3.63, 3.8) is 0 Å². The molecule has 7 nitrogen and oxygen atoms in total. The Balaban J connectivity index is 1.47. The molecule has 5 rings (SSSR count). The van der Waals surface area contributed by atoms with Crippen LogP contribution in [0.4, 0.5) is 0 Å². The number of aromatic nitrogens is 2. The summed E-state index contributed by atoms with van der Waals surface area (Å²) in [6.45, 7) is 1.86.